The lowest BCUT2D eigenvalue weighted by Gasteiger charge is -2.47. The Balaban J connectivity index is 1.73. The van der Waals surface area contributed by atoms with E-state index in [9.17, 15) is 9.59 Å². The van der Waals surface area contributed by atoms with E-state index in [0.29, 0.717) is 18.4 Å². The Morgan fingerprint density at radius 3 is 2.96 bits per heavy atom. The lowest BCUT2D eigenvalue weighted by molar-refractivity contribution is -0.143. The normalized spacial score (nSPS) is 40.5. The van der Waals surface area contributed by atoms with Crippen LogP contribution in [0, 0.1) is 41.9 Å². The quantitative estimate of drug-likeness (QED) is 0.490. The maximum Gasteiger partial charge on any atom is 0.407 e. The summed E-state index contributed by atoms with van der Waals surface area (Å²) in [6, 6.07) is 0.105. The van der Waals surface area contributed by atoms with Crippen LogP contribution in [0.5, 0.6) is 0 Å². The number of hydrogen-bond acceptors (Lipinski definition) is 4. The lowest BCUT2D eigenvalue weighted by Crippen LogP contribution is -2.48. The summed E-state index contributed by atoms with van der Waals surface area (Å²) in [4.78, 5) is 23.9. The van der Waals surface area contributed by atoms with E-state index in [1.165, 1.54) is 0 Å². The van der Waals surface area contributed by atoms with Crippen LogP contribution in [0.1, 0.15) is 32.6 Å². The monoisotopic (exact) mass is 331 g/mol. The Morgan fingerprint density at radius 1 is 1.50 bits per heavy atom. The van der Waals surface area contributed by atoms with Gasteiger partial charge in [-0.25, -0.2) is 4.79 Å². The van der Waals surface area contributed by atoms with Gasteiger partial charge in [-0.15, -0.1) is 13.0 Å². The molecular formula is C19H25NO4. The zero-order valence-corrected chi connectivity index (χ0v) is 14.1. The van der Waals surface area contributed by atoms with Gasteiger partial charge in [-0.1, -0.05) is 12.0 Å². The van der Waals surface area contributed by atoms with Gasteiger partial charge >= 0.3 is 12.1 Å². The predicted octanol–water partition coefficient (Wildman–Crippen LogP) is 2.51. The molecule has 1 N–H and O–H groups in total. The van der Waals surface area contributed by atoms with Gasteiger partial charge in [0.05, 0.1) is 12.5 Å². The molecule has 5 heteroatoms. The zero-order valence-electron chi connectivity index (χ0n) is 14.1. The Hall–Kier alpha value is -1.96. The van der Waals surface area contributed by atoms with Crippen LogP contribution in [-0.4, -0.2) is 30.8 Å². The summed E-state index contributed by atoms with van der Waals surface area (Å²) < 4.78 is 10.4. The van der Waals surface area contributed by atoms with E-state index < -0.39 is 6.10 Å². The first-order valence-corrected chi connectivity index (χ1v) is 8.81. The van der Waals surface area contributed by atoms with Gasteiger partial charge in [0.2, 0.25) is 0 Å². The molecule has 130 valence electrons. The highest BCUT2D eigenvalue weighted by Gasteiger charge is 2.55. The second-order valence-corrected chi connectivity index (χ2v) is 7.06. The maximum atomic E-state index is 12.2. The zero-order chi connectivity index (χ0) is 17.3. The minimum atomic E-state index is -0.429. The molecule has 24 heavy (non-hydrogen) atoms. The van der Waals surface area contributed by atoms with E-state index >= 15 is 0 Å². The fraction of sp³-hybridized carbons (Fsp3) is 0.684. The van der Waals surface area contributed by atoms with Crippen LogP contribution in [0.3, 0.4) is 0 Å². The molecule has 3 aliphatic rings. The number of alkyl carbamates (subject to hydrolysis) is 1. The number of nitrogens with one attached hydrogen (secondary N) is 1. The number of fused-ring (bicyclic) bond motifs is 2. The molecule has 2 aliphatic carbocycles. The third kappa shape index (κ3) is 2.90. The topological polar surface area (TPSA) is 64.6 Å². The molecule has 3 rings (SSSR count). The number of amides is 1. The second-order valence-electron chi connectivity index (χ2n) is 7.06. The smallest absolute Gasteiger partial charge is 0.407 e. The summed E-state index contributed by atoms with van der Waals surface area (Å²) in [5.74, 6) is 3.40. The van der Waals surface area contributed by atoms with Gasteiger partial charge in [-0.05, 0) is 50.4 Å². The van der Waals surface area contributed by atoms with Crippen molar-refractivity contribution in [2.75, 3.05) is 6.61 Å². The molecule has 7 atom stereocenters. The van der Waals surface area contributed by atoms with E-state index in [-0.39, 0.29) is 35.9 Å². The van der Waals surface area contributed by atoms with Crippen molar-refractivity contribution in [3.8, 4) is 12.3 Å². The first-order valence-electron chi connectivity index (χ1n) is 8.81. The molecule has 0 aromatic rings. The highest BCUT2D eigenvalue weighted by atomic mass is 16.6. The molecule has 0 radical (unpaired) electrons. The predicted molar refractivity (Wildman–Crippen MR) is 88.8 cm³/mol. The van der Waals surface area contributed by atoms with E-state index in [0.717, 1.165) is 25.7 Å². The van der Waals surface area contributed by atoms with Crippen LogP contribution in [0.25, 0.3) is 0 Å². The van der Waals surface area contributed by atoms with Crippen molar-refractivity contribution in [2.24, 2.45) is 29.6 Å². The van der Waals surface area contributed by atoms with Gasteiger partial charge < -0.3 is 14.8 Å². The molecule has 0 spiro atoms. The van der Waals surface area contributed by atoms with Gasteiger partial charge in [0, 0.05) is 12.0 Å². The largest absolute Gasteiger partial charge is 0.450 e. The average molecular weight is 331 g/mol. The van der Waals surface area contributed by atoms with Crippen LogP contribution in [-0.2, 0) is 14.3 Å². The van der Waals surface area contributed by atoms with E-state index in [2.05, 4.69) is 17.8 Å². The standard InChI is InChI=1S/C19H25NO4/c1-4-13-14-8-7-12(20-19(22)23-6-3)9-11(14)10-15-17(13)16(5-2)24-18(15)21/h2,4,11-17H,1,6-10H2,3H3,(H,20,22)/t11-,12+,13+,14+,15-,16-,17+/m0/s1. The minimum absolute atomic E-state index is 0.0517. The summed E-state index contributed by atoms with van der Waals surface area (Å²) in [5.41, 5.74) is 0. The molecule has 1 amide bonds. The SMILES string of the molecule is C#C[C@@H]1OC(=O)[C@H]2C[C@@H]3C[C@H](NC(=O)OCC)CC[C@H]3[C@@H](C=C)[C@@H]12. The highest BCUT2D eigenvalue weighted by molar-refractivity contribution is 5.76. The van der Waals surface area contributed by atoms with Crippen LogP contribution in [0.15, 0.2) is 12.7 Å². The van der Waals surface area contributed by atoms with Gasteiger partial charge in [0.1, 0.15) is 0 Å². The number of allylic oxidation sites excluding steroid dienone is 1. The van der Waals surface area contributed by atoms with Crippen LogP contribution in [0.2, 0.25) is 0 Å². The van der Waals surface area contributed by atoms with Gasteiger partial charge in [0.15, 0.2) is 6.10 Å². The average Bonchev–Trinajstić information content (AvgIpc) is 2.89. The first-order chi connectivity index (χ1) is 11.6. The third-order valence-corrected chi connectivity index (χ3v) is 5.93. The minimum Gasteiger partial charge on any atom is -0.450 e. The first kappa shape index (κ1) is 16.9. The molecular weight excluding hydrogens is 306 g/mol. The molecule has 1 saturated heterocycles. The molecule has 0 unspecified atom stereocenters. The molecule has 2 saturated carbocycles. The van der Waals surface area contributed by atoms with Crippen molar-refractivity contribution in [3.05, 3.63) is 12.7 Å². The number of terminal acetylenes is 1. The summed E-state index contributed by atoms with van der Waals surface area (Å²) >= 11 is 0. The molecule has 5 nitrogen and oxygen atoms in total. The Labute approximate surface area is 143 Å². The van der Waals surface area contributed by atoms with Crippen molar-refractivity contribution in [1.82, 2.24) is 5.32 Å². The van der Waals surface area contributed by atoms with Crippen molar-refractivity contribution >= 4 is 12.1 Å². The Kier molecular flexibility index (Phi) is 4.84. The van der Waals surface area contributed by atoms with Crippen molar-refractivity contribution in [3.63, 3.8) is 0 Å². The van der Waals surface area contributed by atoms with Crippen molar-refractivity contribution in [2.45, 2.75) is 44.8 Å². The Morgan fingerprint density at radius 2 is 2.29 bits per heavy atom. The molecule has 1 aliphatic heterocycles. The van der Waals surface area contributed by atoms with Crippen molar-refractivity contribution in [1.29, 1.82) is 0 Å². The van der Waals surface area contributed by atoms with Crippen LogP contribution >= 0.6 is 0 Å². The molecule has 0 aromatic carbocycles. The number of cyclic esters (lactones) is 1. The maximum absolute atomic E-state index is 12.2. The number of esters is 1. The number of rotatable bonds is 3. The highest BCUT2D eigenvalue weighted by Crippen LogP contribution is 2.53. The fourth-order valence-corrected chi connectivity index (χ4v) is 5.01. The number of carbonyl (C=O) groups excluding carboxylic acids is 2. The van der Waals surface area contributed by atoms with Gasteiger partial charge in [0.25, 0.3) is 0 Å². The second kappa shape index (κ2) is 6.88. The van der Waals surface area contributed by atoms with Crippen LogP contribution < -0.4 is 5.32 Å². The van der Waals surface area contributed by atoms with Gasteiger partial charge in [-0.2, -0.15) is 0 Å². The van der Waals surface area contributed by atoms with E-state index in [1.807, 2.05) is 6.08 Å². The number of hydrogen-bond donors (Lipinski definition) is 1. The summed E-state index contributed by atoms with van der Waals surface area (Å²) in [5, 5.41) is 2.94. The van der Waals surface area contributed by atoms with Gasteiger partial charge in [-0.3, -0.25) is 4.79 Å². The van der Waals surface area contributed by atoms with Crippen molar-refractivity contribution < 1.29 is 19.1 Å². The van der Waals surface area contributed by atoms with Crippen LogP contribution in [0.4, 0.5) is 4.79 Å². The molecule has 0 aromatic heterocycles. The molecule has 0 bridgehead atoms. The summed E-state index contributed by atoms with van der Waals surface area (Å²) in [6.07, 6.45) is 10.3. The number of carbonyl (C=O) groups is 2. The van der Waals surface area contributed by atoms with E-state index in [1.54, 1.807) is 6.92 Å². The molecule has 3 fully saturated rings. The number of ether oxygens (including phenoxy) is 2. The molecule has 1 heterocycles. The third-order valence-electron chi connectivity index (χ3n) is 5.93. The van der Waals surface area contributed by atoms with E-state index in [4.69, 9.17) is 15.9 Å². The Bertz CT molecular complexity index is 566. The fourth-order valence-electron chi connectivity index (χ4n) is 5.01. The summed E-state index contributed by atoms with van der Waals surface area (Å²) in [7, 11) is 0. The summed E-state index contributed by atoms with van der Waals surface area (Å²) in [6.45, 7) is 6.16. The lowest BCUT2D eigenvalue weighted by atomic mass is 9.57.